The summed E-state index contributed by atoms with van der Waals surface area (Å²) in [5.41, 5.74) is 1.05. The van der Waals surface area contributed by atoms with Gasteiger partial charge in [0.25, 0.3) is 5.91 Å². The Balaban J connectivity index is 1.31. The zero-order valence-corrected chi connectivity index (χ0v) is 19.2. The molecule has 1 aliphatic rings. The molecular formula is C24H27N5O5. The van der Waals surface area contributed by atoms with Crippen LogP contribution in [-0.2, 0) is 4.79 Å². The second-order valence-electron chi connectivity index (χ2n) is 7.81. The van der Waals surface area contributed by atoms with Crippen molar-refractivity contribution in [2.24, 2.45) is 0 Å². The Labute approximate surface area is 197 Å². The van der Waals surface area contributed by atoms with E-state index >= 15 is 0 Å². The predicted octanol–water partition coefficient (Wildman–Crippen LogP) is 2.67. The van der Waals surface area contributed by atoms with Crippen LogP contribution in [-0.4, -0.2) is 65.2 Å². The highest BCUT2D eigenvalue weighted by molar-refractivity contribution is 5.96. The van der Waals surface area contributed by atoms with E-state index in [1.165, 1.54) is 0 Å². The Kier molecular flexibility index (Phi) is 7.36. The Hall–Kier alpha value is -3.95. The number of nitrogens with one attached hydrogen (secondary N) is 1. The second kappa shape index (κ2) is 10.8. The Morgan fingerprint density at radius 2 is 1.94 bits per heavy atom. The molecule has 10 heteroatoms. The average molecular weight is 466 g/mol. The third-order valence-electron chi connectivity index (χ3n) is 5.66. The second-order valence-corrected chi connectivity index (χ2v) is 7.81. The average Bonchev–Trinajstić information content (AvgIpc) is 3.38. The van der Waals surface area contributed by atoms with Crippen LogP contribution in [0, 0.1) is 0 Å². The van der Waals surface area contributed by atoms with Crippen LogP contribution in [0.1, 0.15) is 41.9 Å². The highest BCUT2D eigenvalue weighted by Crippen LogP contribution is 2.31. The van der Waals surface area contributed by atoms with Gasteiger partial charge < -0.3 is 24.2 Å². The molecule has 1 saturated heterocycles. The molecule has 0 spiro atoms. The first-order valence-electron chi connectivity index (χ1n) is 11.2. The van der Waals surface area contributed by atoms with Gasteiger partial charge in [-0.1, -0.05) is 23.4 Å². The fourth-order valence-electron chi connectivity index (χ4n) is 3.81. The molecule has 3 aromatic rings. The first-order chi connectivity index (χ1) is 16.6. The maximum absolute atomic E-state index is 12.5. The molecule has 0 unspecified atom stereocenters. The lowest BCUT2D eigenvalue weighted by molar-refractivity contribution is -0.131. The predicted molar refractivity (Wildman–Crippen MR) is 123 cm³/mol. The van der Waals surface area contributed by atoms with Crippen LogP contribution < -0.4 is 14.8 Å². The lowest BCUT2D eigenvalue weighted by Crippen LogP contribution is -2.43. The van der Waals surface area contributed by atoms with E-state index in [0.717, 1.165) is 0 Å². The van der Waals surface area contributed by atoms with E-state index in [1.807, 2.05) is 13.0 Å². The summed E-state index contributed by atoms with van der Waals surface area (Å²) < 4.78 is 16.4. The van der Waals surface area contributed by atoms with Gasteiger partial charge in [0.1, 0.15) is 5.69 Å². The summed E-state index contributed by atoms with van der Waals surface area (Å²) in [6.45, 7) is 3.46. The number of carbonyl (C=O) groups is 2. The molecule has 1 aromatic carbocycles. The number of amides is 2. The molecule has 0 saturated carbocycles. The van der Waals surface area contributed by atoms with Crippen molar-refractivity contribution in [2.75, 3.05) is 33.4 Å². The molecule has 0 aliphatic carbocycles. The van der Waals surface area contributed by atoms with Gasteiger partial charge in [0.05, 0.1) is 26.5 Å². The maximum atomic E-state index is 12.5. The number of hydrogen-bond acceptors (Lipinski definition) is 8. The summed E-state index contributed by atoms with van der Waals surface area (Å²) in [6.07, 6.45) is 2.97. The summed E-state index contributed by atoms with van der Waals surface area (Å²) in [6, 6.07) is 10.5. The molecule has 178 valence electrons. The number of benzene rings is 1. The number of rotatable bonds is 8. The minimum Gasteiger partial charge on any atom is -0.493 e. The number of carbonyl (C=O) groups excluding carboxylic acids is 2. The van der Waals surface area contributed by atoms with Gasteiger partial charge in [-0.3, -0.25) is 9.59 Å². The Bertz CT molecular complexity index is 1130. The van der Waals surface area contributed by atoms with E-state index in [0.29, 0.717) is 67.0 Å². The SMILES string of the molecule is CCOc1cnc(-c2noc(C3CCN(C(=O)CNC(=O)c4ccccc4)CC3)n2)cc1OC. The normalized spacial score (nSPS) is 14.0. The molecule has 2 amide bonds. The molecule has 4 rings (SSSR count). The van der Waals surface area contributed by atoms with Crippen LogP contribution in [0.4, 0.5) is 0 Å². The monoisotopic (exact) mass is 465 g/mol. The quantitative estimate of drug-likeness (QED) is 0.539. The fraction of sp³-hybridized carbons (Fsp3) is 0.375. The van der Waals surface area contributed by atoms with Gasteiger partial charge >= 0.3 is 0 Å². The smallest absolute Gasteiger partial charge is 0.251 e. The first kappa shape index (κ1) is 23.2. The zero-order valence-electron chi connectivity index (χ0n) is 19.2. The van der Waals surface area contributed by atoms with Crippen LogP contribution >= 0.6 is 0 Å². The van der Waals surface area contributed by atoms with Crippen molar-refractivity contribution in [1.29, 1.82) is 0 Å². The van der Waals surface area contributed by atoms with E-state index in [4.69, 9.17) is 14.0 Å². The van der Waals surface area contributed by atoms with E-state index in [1.54, 1.807) is 48.5 Å². The summed E-state index contributed by atoms with van der Waals surface area (Å²) in [4.78, 5) is 35.3. The van der Waals surface area contributed by atoms with Gasteiger partial charge in [-0.25, -0.2) is 4.98 Å². The van der Waals surface area contributed by atoms with E-state index in [2.05, 4.69) is 20.4 Å². The molecular weight excluding hydrogens is 438 g/mol. The number of likely N-dealkylation sites (tertiary alicyclic amines) is 1. The van der Waals surface area contributed by atoms with Crippen LogP contribution in [0.3, 0.4) is 0 Å². The molecule has 3 heterocycles. The van der Waals surface area contributed by atoms with Crippen LogP contribution in [0.2, 0.25) is 0 Å². The molecule has 0 bridgehead atoms. The fourth-order valence-corrected chi connectivity index (χ4v) is 3.81. The number of methoxy groups -OCH3 is 1. The van der Waals surface area contributed by atoms with Crippen LogP contribution in [0.25, 0.3) is 11.5 Å². The number of aromatic nitrogens is 3. The van der Waals surface area contributed by atoms with E-state index in [9.17, 15) is 9.59 Å². The summed E-state index contributed by atoms with van der Waals surface area (Å²) >= 11 is 0. The van der Waals surface area contributed by atoms with Gasteiger partial charge in [0.2, 0.25) is 17.6 Å². The van der Waals surface area contributed by atoms with Gasteiger partial charge in [0.15, 0.2) is 11.5 Å². The third-order valence-corrected chi connectivity index (χ3v) is 5.66. The standard InChI is InChI=1S/C24H27N5O5/c1-3-33-20-14-25-18(13-19(20)32-2)22-27-24(34-28-22)17-9-11-29(12-10-17)21(30)15-26-23(31)16-7-5-4-6-8-16/h4-8,13-14,17H,3,9-12,15H2,1-2H3,(H,26,31). The summed E-state index contributed by atoms with van der Waals surface area (Å²) in [7, 11) is 1.56. The van der Waals surface area contributed by atoms with Crippen molar-refractivity contribution in [3.8, 4) is 23.0 Å². The first-order valence-corrected chi connectivity index (χ1v) is 11.2. The van der Waals surface area contributed by atoms with Crippen molar-refractivity contribution >= 4 is 11.8 Å². The van der Waals surface area contributed by atoms with Crippen LogP contribution in [0.15, 0.2) is 47.1 Å². The van der Waals surface area contributed by atoms with E-state index in [-0.39, 0.29) is 24.3 Å². The minimum atomic E-state index is -0.262. The molecule has 34 heavy (non-hydrogen) atoms. The van der Waals surface area contributed by atoms with Gasteiger partial charge in [-0.2, -0.15) is 4.98 Å². The summed E-state index contributed by atoms with van der Waals surface area (Å²) in [5, 5.41) is 6.76. The largest absolute Gasteiger partial charge is 0.493 e. The molecule has 0 atom stereocenters. The Morgan fingerprint density at radius 3 is 2.65 bits per heavy atom. The molecule has 1 N–H and O–H groups in total. The number of hydrogen-bond donors (Lipinski definition) is 1. The van der Waals surface area contributed by atoms with Crippen molar-refractivity contribution < 1.29 is 23.6 Å². The number of nitrogens with zero attached hydrogens (tertiary/aromatic N) is 4. The lowest BCUT2D eigenvalue weighted by Gasteiger charge is -2.30. The molecule has 2 aromatic heterocycles. The molecule has 1 aliphatic heterocycles. The number of ether oxygens (including phenoxy) is 2. The zero-order chi connectivity index (χ0) is 23.9. The number of piperidine rings is 1. The Morgan fingerprint density at radius 1 is 1.18 bits per heavy atom. The van der Waals surface area contributed by atoms with E-state index < -0.39 is 0 Å². The van der Waals surface area contributed by atoms with Gasteiger partial charge in [0, 0.05) is 30.6 Å². The van der Waals surface area contributed by atoms with Gasteiger partial charge in [-0.15, -0.1) is 0 Å². The third kappa shape index (κ3) is 5.33. The molecule has 10 nitrogen and oxygen atoms in total. The topological polar surface area (TPSA) is 120 Å². The van der Waals surface area contributed by atoms with Crippen molar-refractivity contribution in [3.63, 3.8) is 0 Å². The summed E-state index contributed by atoms with van der Waals surface area (Å²) in [5.74, 6) is 1.67. The van der Waals surface area contributed by atoms with Crippen molar-refractivity contribution in [3.05, 3.63) is 54.0 Å². The van der Waals surface area contributed by atoms with Crippen molar-refractivity contribution in [2.45, 2.75) is 25.7 Å². The van der Waals surface area contributed by atoms with Crippen LogP contribution in [0.5, 0.6) is 11.5 Å². The lowest BCUT2D eigenvalue weighted by atomic mass is 9.96. The highest BCUT2D eigenvalue weighted by Gasteiger charge is 2.28. The number of pyridine rings is 1. The van der Waals surface area contributed by atoms with Crippen molar-refractivity contribution in [1.82, 2.24) is 25.3 Å². The van der Waals surface area contributed by atoms with Gasteiger partial charge in [-0.05, 0) is 31.9 Å². The minimum absolute atomic E-state index is 0.0334. The maximum Gasteiger partial charge on any atom is 0.251 e. The highest BCUT2D eigenvalue weighted by atomic mass is 16.5. The molecule has 1 fully saturated rings. The molecule has 0 radical (unpaired) electrons.